The van der Waals surface area contributed by atoms with Gasteiger partial charge in [-0.15, -0.1) is 0 Å². The molecule has 0 saturated carbocycles. The minimum absolute atomic E-state index is 0.0629. The maximum Gasteiger partial charge on any atom is 0.335 e. The van der Waals surface area contributed by atoms with Gasteiger partial charge in [0.15, 0.2) is 6.61 Å². The number of urea groups is 1. The Hall–Kier alpha value is -3.66. The van der Waals surface area contributed by atoms with Crippen LogP contribution in [0.1, 0.15) is 0 Å². The number of amides is 2. The van der Waals surface area contributed by atoms with Gasteiger partial charge in [-0.1, -0.05) is 12.1 Å². The third-order valence-corrected chi connectivity index (χ3v) is 4.44. The summed E-state index contributed by atoms with van der Waals surface area (Å²) in [6, 6.07) is 6.16. The van der Waals surface area contributed by atoms with Crippen LogP contribution in [0.5, 0.6) is 11.8 Å². The van der Waals surface area contributed by atoms with Crippen LogP contribution in [0.15, 0.2) is 29.2 Å². The summed E-state index contributed by atoms with van der Waals surface area (Å²) in [5.41, 5.74) is 0. The highest BCUT2D eigenvalue weighted by atomic mass is 32.2. The Morgan fingerprint density at radius 1 is 1.25 bits per heavy atom. The minimum atomic E-state index is -4.29. The molecule has 0 aliphatic heterocycles. The van der Waals surface area contributed by atoms with Gasteiger partial charge in [0, 0.05) is 14.1 Å². The largest absolute Gasteiger partial charge is 0.477 e. The lowest BCUT2D eigenvalue weighted by Crippen LogP contribution is -2.35. The van der Waals surface area contributed by atoms with E-state index >= 15 is 0 Å². The Balaban J connectivity index is 2.21. The van der Waals surface area contributed by atoms with E-state index in [1.165, 1.54) is 31.4 Å². The molecular formula is C15H17N7O5S. The molecule has 1 aromatic carbocycles. The lowest BCUT2D eigenvalue weighted by Gasteiger charge is -2.13. The van der Waals surface area contributed by atoms with E-state index in [0.717, 1.165) is 0 Å². The van der Waals surface area contributed by atoms with Crippen LogP contribution in [0, 0.1) is 11.3 Å². The summed E-state index contributed by atoms with van der Waals surface area (Å²) in [5.74, 6) is -0.0846. The zero-order valence-corrected chi connectivity index (χ0v) is 16.0. The molecule has 12 nitrogen and oxygen atoms in total. The molecule has 0 unspecified atom stereocenters. The summed E-state index contributed by atoms with van der Waals surface area (Å²) >= 11 is 0. The number of nitriles is 1. The van der Waals surface area contributed by atoms with Crippen molar-refractivity contribution in [3.8, 4) is 17.8 Å². The molecule has 148 valence electrons. The molecule has 0 radical (unpaired) electrons. The molecule has 2 amide bonds. The first kappa shape index (κ1) is 20.6. The number of sulfonamides is 1. The number of hydrogen-bond donors (Lipinski definition) is 2. The molecule has 0 atom stereocenters. The number of ether oxygens (including phenoxy) is 2. The summed E-state index contributed by atoms with van der Waals surface area (Å²) in [4.78, 5) is 25.2. The van der Waals surface area contributed by atoms with Crippen molar-refractivity contribution < 1.29 is 22.7 Å². The lowest BCUT2D eigenvalue weighted by molar-refractivity contribution is 0.256. The molecule has 0 fully saturated rings. The van der Waals surface area contributed by atoms with Crippen LogP contribution >= 0.6 is 0 Å². The molecule has 0 saturated heterocycles. The van der Waals surface area contributed by atoms with Gasteiger partial charge in [0.1, 0.15) is 16.7 Å². The number of benzene rings is 1. The van der Waals surface area contributed by atoms with Gasteiger partial charge in [-0.05, 0) is 12.1 Å². The number of nitrogens with zero attached hydrogens (tertiary/aromatic N) is 5. The number of aromatic nitrogens is 3. The first-order valence-corrected chi connectivity index (χ1v) is 9.15. The number of rotatable bonds is 7. The van der Waals surface area contributed by atoms with E-state index in [0.29, 0.717) is 0 Å². The first-order chi connectivity index (χ1) is 13.3. The Morgan fingerprint density at radius 2 is 1.96 bits per heavy atom. The van der Waals surface area contributed by atoms with Crippen molar-refractivity contribution in [3.63, 3.8) is 0 Å². The van der Waals surface area contributed by atoms with Crippen LogP contribution < -0.4 is 24.4 Å². The summed E-state index contributed by atoms with van der Waals surface area (Å²) in [7, 11) is 0.378. The van der Waals surface area contributed by atoms with E-state index in [2.05, 4.69) is 20.3 Å². The molecule has 13 heteroatoms. The maximum absolute atomic E-state index is 12.5. The van der Waals surface area contributed by atoms with Crippen LogP contribution in [-0.2, 0) is 10.0 Å². The minimum Gasteiger partial charge on any atom is -0.477 e. The average molecular weight is 407 g/mol. The highest BCUT2D eigenvalue weighted by molar-refractivity contribution is 7.90. The molecule has 2 rings (SSSR count). The second-order valence-electron chi connectivity index (χ2n) is 5.29. The van der Waals surface area contributed by atoms with Gasteiger partial charge in [0.2, 0.25) is 11.9 Å². The highest BCUT2D eigenvalue weighted by Gasteiger charge is 2.23. The predicted octanol–water partition coefficient (Wildman–Crippen LogP) is 0.359. The Morgan fingerprint density at radius 3 is 2.61 bits per heavy atom. The van der Waals surface area contributed by atoms with Crippen LogP contribution in [0.25, 0.3) is 0 Å². The summed E-state index contributed by atoms with van der Waals surface area (Å²) in [6.45, 7) is -0.351. The first-order valence-electron chi connectivity index (χ1n) is 7.67. The number of hydrogen-bond acceptors (Lipinski definition) is 10. The second kappa shape index (κ2) is 8.82. The third kappa shape index (κ3) is 5.17. The standard InChI is InChI=1S/C15H17N7O5S/c1-22(2)13-17-12(19-15(20-13)26-3)18-14(23)21-28(24,25)11-7-5-4-6-10(11)27-9-8-16/h4-7H,9H2,1-3H3,(H2,17,18,19,20,21,23). The normalized spacial score (nSPS) is 10.5. The van der Waals surface area contributed by atoms with E-state index in [1.54, 1.807) is 25.1 Å². The van der Waals surface area contributed by atoms with Crippen LogP contribution in [0.4, 0.5) is 16.7 Å². The Bertz CT molecular complexity index is 1000. The fourth-order valence-electron chi connectivity index (χ4n) is 1.90. The highest BCUT2D eigenvalue weighted by Crippen LogP contribution is 2.23. The van der Waals surface area contributed by atoms with Crippen molar-refractivity contribution in [3.05, 3.63) is 24.3 Å². The SMILES string of the molecule is COc1nc(NC(=O)NS(=O)(=O)c2ccccc2OCC#N)nc(N(C)C)n1. The van der Waals surface area contributed by atoms with E-state index in [1.807, 2.05) is 4.72 Å². The van der Waals surface area contributed by atoms with Gasteiger partial charge in [-0.25, -0.2) is 17.9 Å². The number of carbonyl (C=O) groups is 1. The summed E-state index contributed by atoms with van der Waals surface area (Å²) in [5, 5.41) is 10.8. The number of methoxy groups -OCH3 is 1. The van der Waals surface area contributed by atoms with Gasteiger partial charge < -0.3 is 14.4 Å². The van der Waals surface area contributed by atoms with Crippen LogP contribution in [-0.4, -0.2) is 57.2 Å². The van der Waals surface area contributed by atoms with Crippen molar-refractivity contribution in [1.29, 1.82) is 5.26 Å². The smallest absolute Gasteiger partial charge is 0.335 e. The molecule has 1 heterocycles. The Kier molecular flexibility index (Phi) is 6.51. The quantitative estimate of drug-likeness (QED) is 0.656. The summed E-state index contributed by atoms with van der Waals surface area (Å²) < 4.78 is 36.8. The molecule has 28 heavy (non-hydrogen) atoms. The zero-order chi connectivity index (χ0) is 20.7. The molecule has 2 aromatic rings. The van der Waals surface area contributed by atoms with E-state index in [4.69, 9.17) is 14.7 Å². The maximum atomic E-state index is 12.5. The van der Waals surface area contributed by atoms with E-state index in [-0.39, 0.29) is 35.2 Å². The molecule has 2 N–H and O–H groups in total. The molecule has 0 aliphatic rings. The number of anilines is 2. The number of para-hydroxylation sites is 1. The van der Waals surface area contributed by atoms with E-state index in [9.17, 15) is 13.2 Å². The van der Waals surface area contributed by atoms with Crippen LogP contribution in [0.2, 0.25) is 0 Å². The van der Waals surface area contributed by atoms with Crippen molar-refractivity contribution >= 4 is 28.0 Å². The second-order valence-corrected chi connectivity index (χ2v) is 6.94. The fourth-order valence-corrected chi connectivity index (χ4v) is 2.95. The average Bonchev–Trinajstić information content (AvgIpc) is 2.65. The predicted molar refractivity (Wildman–Crippen MR) is 97.6 cm³/mol. The molecule has 0 bridgehead atoms. The van der Waals surface area contributed by atoms with Crippen molar-refractivity contribution in [2.24, 2.45) is 0 Å². The monoisotopic (exact) mass is 407 g/mol. The molecular weight excluding hydrogens is 390 g/mol. The molecule has 1 aromatic heterocycles. The van der Waals surface area contributed by atoms with Gasteiger partial charge in [0.25, 0.3) is 10.0 Å². The van der Waals surface area contributed by atoms with Crippen molar-refractivity contribution in [2.75, 3.05) is 38.0 Å². The third-order valence-electron chi connectivity index (χ3n) is 3.07. The number of carbonyl (C=O) groups excluding carboxylic acids is 1. The lowest BCUT2D eigenvalue weighted by atomic mass is 10.3. The van der Waals surface area contributed by atoms with Gasteiger partial charge in [-0.2, -0.15) is 20.2 Å². The Labute approximate surface area is 161 Å². The van der Waals surface area contributed by atoms with Crippen LogP contribution in [0.3, 0.4) is 0 Å². The van der Waals surface area contributed by atoms with Gasteiger partial charge in [0.05, 0.1) is 7.11 Å². The van der Waals surface area contributed by atoms with Gasteiger partial charge in [-0.3, -0.25) is 5.32 Å². The topological polar surface area (TPSA) is 159 Å². The molecule has 0 spiro atoms. The zero-order valence-electron chi connectivity index (χ0n) is 15.2. The van der Waals surface area contributed by atoms with Crippen molar-refractivity contribution in [1.82, 2.24) is 19.7 Å². The van der Waals surface area contributed by atoms with Gasteiger partial charge >= 0.3 is 12.0 Å². The number of nitrogens with one attached hydrogen (secondary N) is 2. The van der Waals surface area contributed by atoms with Crippen molar-refractivity contribution in [2.45, 2.75) is 4.90 Å². The fraction of sp³-hybridized carbons (Fsp3) is 0.267. The van der Waals surface area contributed by atoms with E-state index < -0.39 is 16.1 Å². The summed E-state index contributed by atoms with van der Waals surface area (Å²) in [6.07, 6.45) is 0. The molecule has 0 aliphatic carbocycles.